The van der Waals surface area contributed by atoms with E-state index in [-0.39, 0.29) is 75.2 Å². The Kier molecular flexibility index (Phi) is 13.4. The van der Waals surface area contributed by atoms with Gasteiger partial charge < -0.3 is 9.11 Å². The molecule has 0 aromatic heterocycles. The van der Waals surface area contributed by atoms with Crippen LogP contribution in [0.2, 0.25) is 5.02 Å². The van der Waals surface area contributed by atoms with E-state index in [1.807, 2.05) is 0 Å². The third-order valence-electron chi connectivity index (χ3n) is 6.85. The number of hydrogen-bond donors (Lipinski definition) is 2. The number of fused-ring (bicyclic) bond motifs is 1. The third kappa shape index (κ3) is 9.56. The van der Waals surface area contributed by atoms with Gasteiger partial charge >= 0.3 is 59.1 Å². The van der Waals surface area contributed by atoms with Crippen molar-refractivity contribution in [3.05, 3.63) is 126 Å². The van der Waals surface area contributed by atoms with Gasteiger partial charge in [-0.1, -0.05) is 29.8 Å². The van der Waals surface area contributed by atoms with Crippen LogP contribution in [0, 0.1) is 13.8 Å². The second kappa shape index (κ2) is 16.3. The number of anilines is 2. The number of aryl methyl sites for hydroxylation is 1. The number of azo groups is 1. The van der Waals surface area contributed by atoms with Gasteiger partial charge in [0.05, 0.1) is 32.5 Å². The molecule has 0 heterocycles. The van der Waals surface area contributed by atoms with Gasteiger partial charge in [0.25, 0.3) is 0 Å². The zero-order valence-electron chi connectivity index (χ0n) is 26.3. The number of halogens is 1. The van der Waals surface area contributed by atoms with Crippen molar-refractivity contribution in [3.8, 4) is 0 Å². The molecule has 2 N–H and O–H groups in total. The summed E-state index contributed by atoms with van der Waals surface area (Å²) in [6.45, 7) is 3.32. The first-order valence-corrected chi connectivity index (χ1v) is 16.5. The van der Waals surface area contributed by atoms with Gasteiger partial charge in [-0.3, -0.25) is 20.4 Å². The molecule has 0 aliphatic carbocycles. The molecule has 240 valence electrons. The van der Waals surface area contributed by atoms with Crippen molar-refractivity contribution in [2.45, 2.75) is 23.6 Å². The number of nitrogens with one attached hydrogen (secondary N) is 2. The predicted octanol–water partition coefficient (Wildman–Crippen LogP) is -2.21. The molecule has 0 saturated heterocycles. The molecule has 0 radical (unpaired) electrons. The number of nitrogens with zero attached hydrogens (tertiary/aromatic N) is 4. The molecule has 49 heavy (non-hydrogen) atoms. The van der Waals surface area contributed by atoms with Gasteiger partial charge in [0.2, 0.25) is 10.9 Å². The summed E-state index contributed by atoms with van der Waals surface area (Å²) in [5.41, 5.74) is 6.35. The molecule has 5 aromatic carbocycles. The van der Waals surface area contributed by atoms with Crippen LogP contribution in [0.25, 0.3) is 10.8 Å². The Bertz CT molecular complexity index is 2580. The normalized spacial score (nSPS) is 12.5. The largest absolute Gasteiger partial charge is 1.00 e. The molecule has 14 nitrogen and oxygen atoms in total. The van der Waals surface area contributed by atoms with Gasteiger partial charge in [-0.2, -0.15) is 20.4 Å². The van der Waals surface area contributed by atoms with Crippen LogP contribution in [-0.4, -0.2) is 25.9 Å². The summed E-state index contributed by atoms with van der Waals surface area (Å²) >= 11 is 6.06. The van der Waals surface area contributed by atoms with Crippen LogP contribution in [0.15, 0.2) is 119 Å². The van der Waals surface area contributed by atoms with Gasteiger partial charge in [0.15, 0.2) is 5.36 Å². The van der Waals surface area contributed by atoms with Crippen LogP contribution in [0.4, 0.5) is 22.7 Å². The maximum absolute atomic E-state index is 13.1. The molecule has 19 heteroatoms. The smallest absolute Gasteiger partial charge is 0.744 e. The van der Waals surface area contributed by atoms with E-state index in [1.165, 1.54) is 18.2 Å². The maximum atomic E-state index is 13.1. The van der Waals surface area contributed by atoms with E-state index in [1.54, 1.807) is 50.2 Å². The zero-order valence-corrected chi connectivity index (χ0v) is 32.6. The molecule has 0 spiro atoms. The van der Waals surface area contributed by atoms with Crippen LogP contribution in [0.3, 0.4) is 0 Å². The van der Waals surface area contributed by atoms with Crippen LogP contribution >= 0.6 is 11.6 Å². The fraction of sp³-hybridized carbons (Fsp3) is 0.0667. The summed E-state index contributed by atoms with van der Waals surface area (Å²) in [5.74, 6) is 0. The van der Waals surface area contributed by atoms with Gasteiger partial charge in [0, 0.05) is 10.4 Å². The summed E-state index contributed by atoms with van der Waals surface area (Å²) in [5, 5.41) is 16.7. The van der Waals surface area contributed by atoms with Crippen LogP contribution in [-0.2, 0) is 20.2 Å². The third-order valence-corrected chi connectivity index (χ3v) is 8.89. The Balaban J connectivity index is 0.00000325. The summed E-state index contributed by atoms with van der Waals surface area (Å²) in [6, 6.07) is 17.9. The van der Waals surface area contributed by atoms with E-state index in [2.05, 4.69) is 31.3 Å². The van der Waals surface area contributed by atoms with Crippen LogP contribution in [0.1, 0.15) is 11.1 Å². The first-order valence-electron chi connectivity index (χ1n) is 13.3. The van der Waals surface area contributed by atoms with Crippen molar-refractivity contribution >= 4 is 65.4 Å². The van der Waals surface area contributed by atoms with Gasteiger partial charge in [-0.15, -0.1) is 0 Å². The van der Waals surface area contributed by atoms with Crippen molar-refractivity contribution in [2.24, 2.45) is 20.4 Å². The van der Waals surface area contributed by atoms with Crippen molar-refractivity contribution in [3.63, 3.8) is 0 Å². The Hall–Kier alpha value is -3.13. The van der Waals surface area contributed by atoms with E-state index in [0.717, 1.165) is 24.3 Å². The van der Waals surface area contributed by atoms with Crippen molar-refractivity contribution in [2.75, 3.05) is 10.9 Å². The molecule has 0 unspecified atom stereocenters. The molecule has 5 aromatic rings. The van der Waals surface area contributed by atoms with Gasteiger partial charge in [0.1, 0.15) is 25.6 Å². The average Bonchev–Trinajstić information content (AvgIpc) is 3.00. The molecule has 0 atom stereocenters. The zero-order chi connectivity index (χ0) is 34.1. The fourth-order valence-corrected chi connectivity index (χ4v) is 5.63. The monoisotopic (exact) mass is 738 g/mol. The van der Waals surface area contributed by atoms with Crippen molar-refractivity contribution in [1.82, 2.24) is 0 Å². The first kappa shape index (κ1) is 40.3. The van der Waals surface area contributed by atoms with Crippen molar-refractivity contribution < 1.29 is 85.1 Å². The summed E-state index contributed by atoms with van der Waals surface area (Å²) in [6.07, 6.45) is 0. The minimum Gasteiger partial charge on any atom is -0.744 e. The Morgan fingerprint density at radius 2 is 1.41 bits per heavy atom. The SMILES string of the molecule is Cc1cc(NN=c2ccc(=O)c(=NNc3cccc4cc(S(=O)(=O)[O-])ccc34)c2=O)ccc1N=Nc1cc(S(=O)(=O)[O-])cc(Cl)c1C.[Na+].[Na+]. The van der Waals surface area contributed by atoms with E-state index in [0.29, 0.717) is 39.0 Å². The molecule has 0 aliphatic heterocycles. The Morgan fingerprint density at radius 3 is 2.08 bits per heavy atom. The van der Waals surface area contributed by atoms with E-state index in [9.17, 15) is 35.5 Å². The second-order valence-corrected chi connectivity index (χ2v) is 13.2. The summed E-state index contributed by atoms with van der Waals surface area (Å²) in [7, 11) is -9.42. The second-order valence-electron chi connectivity index (χ2n) is 10.1. The molecule has 0 aliphatic rings. The quantitative estimate of drug-likeness (QED) is 0.0756. The molecule has 0 saturated carbocycles. The minimum absolute atomic E-state index is 0. The number of benzene rings is 5. The minimum atomic E-state index is -4.76. The molecule has 0 amide bonds. The molecule has 5 rings (SSSR count). The summed E-state index contributed by atoms with van der Waals surface area (Å²) in [4.78, 5) is 24.6. The predicted molar refractivity (Wildman–Crippen MR) is 171 cm³/mol. The molecule has 0 fully saturated rings. The first-order chi connectivity index (χ1) is 22.1. The van der Waals surface area contributed by atoms with Gasteiger partial charge in [-0.05, 0) is 91.0 Å². The van der Waals surface area contributed by atoms with Crippen molar-refractivity contribution in [1.29, 1.82) is 0 Å². The standard InChI is InChI=1S/C30H23ClN6O8S2.2Na/c1-16-12-19(6-9-24(16)33-36-27-15-21(47(43,44)45)14-23(31)17(27)2)32-35-26-10-11-28(38)29(30(26)39)37-34-25-5-3-4-18-13-20(46(40,41)42)7-8-22(18)25;;/h3-15,32,34H,1-2H3,(H,40,41,42)(H,43,44,45);;/q;2*+1/p-2. The van der Waals surface area contributed by atoms with E-state index >= 15 is 0 Å². The number of hydrogen-bond acceptors (Lipinski definition) is 14. The van der Waals surface area contributed by atoms with Gasteiger partial charge in [-0.25, -0.2) is 16.8 Å². The average molecular weight is 739 g/mol. The Morgan fingerprint density at radius 1 is 0.714 bits per heavy atom. The fourth-order valence-electron chi connectivity index (χ4n) is 4.33. The Labute approximate surface area is 328 Å². The maximum Gasteiger partial charge on any atom is 1.00 e. The van der Waals surface area contributed by atoms with E-state index in [4.69, 9.17) is 11.6 Å². The van der Waals surface area contributed by atoms with Crippen LogP contribution in [0.5, 0.6) is 0 Å². The number of rotatable bonds is 8. The molecular formula is C30H21ClN6Na2O8S2. The molecular weight excluding hydrogens is 718 g/mol. The topological polar surface area (TPSA) is 222 Å². The summed E-state index contributed by atoms with van der Waals surface area (Å²) < 4.78 is 68.4. The van der Waals surface area contributed by atoms with Crippen LogP contribution < -0.4 is 91.5 Å². The van der Waals surface area contributed by atoms with E-state index < -0.39 is 46.2 Å². The molecule has 0 bridgehead atoms.